The summed E-state index contributed by atoms with van der Waals surface area (Å²) < 4.78 is 1.88. The molecule has 14 heavy (non-hydrogen) atoms. The molecule has 0 aliphatic carbocycles. The normalized spacial score (nSPS) is 11.3. The van der Waals surface area contributed by atoms with Crippen LogP contribution in [0.2, 0.25) is 0 Å². The molecule has 1 aromatic heterocycles. The van der Waals surface area contributed by atoms with Crippen molar-refractivity contribution in [2.24, 2.45) is 0 Å². The highest BCUT2D eigenvalue weighted by Crippen LogP contribution is 1.87. The van der Waals surface area contributed by atoms with E-state index in [2.05, 4.69) is 29.0 Å². The smallest absolute Gasteiger partial charge is 0.379 e. The van der Waals surface area contributed by atoms with Crippen LogP contribution in [0.3, 0.4) is 0 Å². The molecule has 0 aliphatic heterocycles. The van der Waals surface area contributed by atoms with Crippen molar-refractivity contribution in [1.29, 1.82) is 0 Å². The Bertz CT molecular complexity index is 290. The molecule has 0 aliphatic rings. The summed E-state index contributed by atoms with van der Waals surface area (Å²) in [4.78, 5) is 2.08. The van der Waals surface area contributed by atoms with E-state index in [1.54, 1.807) is 6.20 Å². The van der Waals surface area contributed by atoms with Crippen LogP contribution in [-0.2, 0) is 0 Å². The van der Waals surface area contributed by atoms with Gasteiger partial charge in [-0.1, -0.05) is 19.1 Å². The minimum atomic E-state index is 0.781. The van der Waals surface area contributed by atoms with Crippen LogP contribution >= 0.6 is 0 Å². The third-order valence-corrected chi connectivity index (χ3v) is 1.75. The molecule has 0 saturated heterocycles. The van der Waals surface area contributed by atoms with E-state index < -0.39 is 0 Å². The highest BCUT2D eigenvalue weighted by atomic mass is 15.3. The highest BCUT2D eigenvalue weighted by molar-refractivity contribution is 6.29. The Morgan fingerprint density at radius 1 is 1.50 bits per heavy atom. The van der Waals surface area contributed by atoms with Crippen molar-refractivity contribution in [3.63, 3.8) is 0 Å². The van der Waals surface area contributed by atoms with E-state index in [4.69, 9.17) is 0 Å². The maximum Gasteiger partial charge on any atom is 0.379 e. The van der Waals surface area contributed by atoms with E-state index in [9.17, 15) is 0 Å². The first kappa shape index (κ1) is 10.6. The average molecular weight is 189 g/mol. The monoisotopic (exact) mass is 189 g/mol. The highest BCUT2D eigenvalue weighted by Gasteiger charge is 1.96. The lowest BCUT2D eigenvalue weighted by atomic mass is 10.1. The topological polar surface area (TPSA) is 21.1 Å². The zero-order chi connectivity index (χ0) is 10.2. The summed E-state index contributed by atoms with van der Waals surface area (Å²) in [6.07, 6.45) is 13.1. The fourth-order valence-corrected chi connectivity index (χ4v) is 1.07. The Labute approximate surface area is 86.0 Å². The molecule has 0 aromatic carbocycles. The molecule has 4 heteroatoms. The summed E-state index contributed by atoms with van der Waals surface area (Å²) in [7, 11) is 2.81. The minimum Gasteiger partial charge on any atom is -0.407 e. The summed E-state index contributed by atoms with van der Waals surface area (Å²) in [5, 5.41) is 4.12. The Balaban J connectivity index is 2.32. The van der Waals surface area contributed by atoms with Gasteiger partial charge >= 0.3 is 7.55 Å². The van der Waals surface area contributed by atoms with Gasteiger partial charge in [-0.15, -0.1) is 0 Å². The molecule has 0 radical (unpaired) electrons. The van der Waals surface area contributed by atoms with Crippen LogP contribution in [0.15, 0.2) is 42.9 Å². The molecular formula is C10H16BN3. The van der Waals surface area contributed by atoms with Gasteiger partial charge in [0, 0.05) is 12.4 Å². The van der Waals surface area contributed by atoms with Crippen LogP contribution in [0.4, 0.5) is 0 Å². The quantitative estimate of drug-likeness (QED) is 0.515. The fourth-order valence-electron chi connectivity index (χ4n) is 1.07. The molecule has 0 fully saturated rings. The second kappa shape index (κ2) is 6.08. The summed E-state index contributed by atoms with van der Waals surface area (Å²) in [5.41, 5.74) is 0. The fraction of sp³-hybridized carbons (Fsp3) is 0.300. The number of aromatic nitrogens is 2. The van der Waals surface area contributed by atoms with Gasteiger partial charge in [-0.2, -0.15) is 5.10 Å². The number of rotatable bonds is 5. The molecule has 0 N–H and O–H groups in total. The third-order valence-electron chi connectivity index (χ3n) is 1.75. The van der Waals surface area contributed by atoms with E-state index in [-0.39, 0.29) is 0 Å². The van der Waals surface area contributed by atoms with Gasteiger partial charge in [0.2, 0.25) is 0 Å². The number of hydrogen-bond donors (Lipinski definition) is 0. The van der Waals surface area contributed by atoms with Crippen LogP contribution in [0.5, 0.6) is 0 Å². The van der Waals surface area contributed by atoms with Gasteiger partial charge in [0.25, 0.3) is 0 Å². The molecule has 0 bridgehead atoms. The summed E-state index contributed by atoms with van der Waals surface area (Å²) >= 11 is 0. The lowest BCUT2D eigenvalue weighted by Gasteiger charge is -2.10. The maximum atomic E-state index is 4.12. The molecule has 0 unspecified atom stereocenters. The molecule has 1 aromatic rings. The van der Waals surface area contributed by atoms with Crippen molar-refractivity contribution in [1.82, 2.24) is 14.5 Å². The first-order valence-electron chi connectivity index (χ1n) is 4.84. The Hall–Kier alpha value is -1.45. The Morgan fingerprint density at radius 3 is 3.00 bits per heavy atom. The molecule has 1 rings (SSSR count). The molecule has 0 amide bonds. The molecular weight excluding hydrogens is 173 g/mol. The minimum absolute atomic E-state index is 0.781. The molecule has 0 atom stereocenters. The SMILES string of the molecule is CC/C=C\C=C/N(C)Bn1cccn1. The van der Waals surface area contributed by atoms with Gasteiger partial charge in [0.05, 0.1) is 0 Å². The van der Waals surface area contributed by atoms with E-state index in [1.165, 1.54) is 0 Å². The Kier molecular flexibility index (Phi) is 4.62. The zero-order valence-corrected chi connectivity index (χ0v) is 8.80. The van der Waals surface area contributed by atoms with Gasteiger partial charge < -0.3 is 4.81 Å². The van der Waals surface area contributed by atoms with Gasteiger partial charge in [-0.3, -0.25) is 4.59 Å². The zero-order valence-electron chi connectivity index (χ0n) is 8.80. The second-order valence-corrected chi connectivity index (χ2v) is 3.12. The lowest BCUT2D eigenvalue weighted by molar-refractivity contribution is 0.697. The van der Waals surface area contributed by atoms with Crippen LogP contribution < -0.4 is 0 Å². The average Bonchev–Trinajstić information content (AvgIpc) is 2.65. The van der Waals surface area contributed by atoms with Crippen molar-refractivity contribution >= 4 is 7.55 Å². The molecule has 74 valence electrons. The van der Waals surface area contributed by atoms with Gasteiger partial charge in [-0.05, 0) is 31.8 Å². The lowest BCUT2D eigenvalue weighted by Crippen LogP contribution is -2.24. The number of allylic oxidation sites excluding steroid dienone is 3. The van der Waals surface area contributed by atoms with Crippen LogP contribution in [0.1, 0.15) is 13.3 Å². The first-order valence-corrected chi connectivity index (χ1v) is 4.84. The summed E-state index contributed by atoms with van der Waals surface area (Å²) in [6, 6.07) is 1.93. The second-order valence-electron chi connectivity index (χ2n) is 3.12. The van der Waals surface area contributed by atoms with Crippen molar-refractivity contribution in [3.8, 4) is 0 Å². The van der Waals surface area contributed by atoms with Gasteiger partial charge in [0.1, 0.15) is 0 Å². The predicted molar refractivity (Wildman–Crippen MR) is 61.1 cm³/mol. The molecule has 0 saturated carbocycles. The van der Waals surface area contributed by atoms with Gasteiger partial charge in [-0.25, -0.2) is 0 Å². The van der Waals surface area contributed by atoms with E-state index >= 15 is 0 Å². The van der Waals surface area contributed by atoms with Crippen LogP contribution in [0.25, 0.3) is 0 Å². The maximum absolute atomic E-state index is 4.12. The van der Waals surface area contributed by atoms with E-state index in [1.807, 2.05) is 36.2 Å². The molecule has 1 heterocycles. The third kappa shape index (κ3) is 3.98. The summed E-state index contributed by atoms with van der Waals surface area (Å²) in [6.45, 7) is 2.12. The van der Waals surface area contributed by atoms with Crippen molar-refractivity contribution < 1.29 is 0 Å². The van der Waals surface area contributed by atoms with Crippen LogP contribution in [-0.4, -0.2) is 29.1 Å². The standard InChI is InChI=1S/C10H16BN3/c1-3-4-5-6-9-13(2)11-14-10-7-8-12-14/h4-11H,3H2,1-2H3/b5-4-,9-6-. The van der Waals surface area contributed by atoms with Crippen molar-refractivity contribution in [3.05, 3.63) is 42.9 Å². The van der Waals surface area contributed by atoms with E-state index in [0.717, 1.165) is 14.0 Å². The molecule has 3 nitrogen and oxygen atoms in total. The first-order chi connectivity index (χ1) is 6.83. The van der Waals surface area contributed by atoms with Crippen molar-refractivity contribution in [2.45, 2.75) is 13.3 Å². The number of nitrogens with zero attached hydrogens (tertiary/aromatic N) is 3. The Morgan fingerprint density at radius 2 is 2.36 bits per heavy atom. The van der Waals surface area contributed by atoms with Crippen LogP contribution in [0, 0.1) is 0 Å². The largest absolute Gasteiger partial charge is 0.407 e. The van der Waals surface area contributed by atoms with Crippen molar-refractivity contribution in [2.75, 3.05) is 7.05 Å². The number of hydrogen-bond acceptors (Lipinski definition) is 2. The molecule has 0 spiro atoms. The summed E-state index contributed by atoms with van der Waals surface area (Å²) in [5.74, 6) is 0. The predicted octanol–water partition coefficient (Wildman–Crippen LogP) is 1.41. The van der Waals surface area contributed by atoms with E-state index in [0.29, 0.717) is 0 Å². The van der Waals surface area contributed by atoms with Gasteiger partial charge in [0.15, 0.2) is 0 Å².